The molecule has 0 saturated heterocycles. The zero-order valence-electron chi connectivity index (χ0n) is 20.1. The lowest BCUT2D eigenvalue weighted by Crippen LogP contribution is -2.13. The van der Waals surface area contributed by atoms with Gasteiger partial charge in [-0.15, -0.1) is 0 Å². The SMILES string of the molecule is COc1cc(-c2ccc(NC(=O)c3cc(Cl)ccc3Cl)c(OC)c2)ccc1NC(=O)c1cc(Cl)ccc1Cl. The first kappa shape index (κ1) is 27.6. The maximum absolute atomic E-state index is 12.8. The monoisotopic (exact) mass is 588 g/mol. The molecule has 4 aromatic rings. The van der Waals surface area contributed by atoms with Gasteiger partial charge in [0.15, 0.2) is 0 Å². The fraction of sp³-hybridized carbons (Fsp3) is 0.0714. The molecule has 0 radical (unpaired) electrons. The van der Waals surface area contributed by atoms with Crippen molar-refractivity contribution >= 4 is 69.6 Å². The number of halogens is 4. The molecule has 4 rings (SSSR count). The highest BCUT2D eigenvalue weighted by molar-refractivity contribution is 6.37. The zero-order chi connectivity index (χ0) is 27.4. The number of carbonyl (C=O) groups excluding carboxylic acids is 2. The van der Waals surface area contributed by atoms with Crippen molar-refractivity contribution in [3.05, 3.63) is 104 Å². The number of carbonyl (C=O) groups is 2. The highest BCUT2D eigenvalue weighted by Gasteiger charge is 2.17. The highest BCUT2D eigenvalue weighted by atomic mass is 35.5. The molecule has 0 aromatic heterocycles. The van der Waals surface area contributed by atoms with Gasteiger partial charge in [0.1, 0.15) is 11.5 Å². The molecule has 0 saturated carbocycles. The average molecular weight is 590 g/mol. The van der Waals surface area contributed by atoms with E-state index in [1.165, 1.54) is 26.4 Å². The molecular formula is C28H20Cl4N2O4. The second-order valence-electron chi connectivity index (χ2n) is 7.99. The van der Waals surface area contributed by atoms with Crippen LogP contribution < -0.4 is 20.1 Å². The standard InChI is InChI=1S/C28H20Cl4N2O4/c1-37-25-11-15(3-9-23(25)33-27(35)19-13-17(29)5-7-21(19)31)16-4-10-24(26(12-16)38-2)34-28(36)20-14-18(30)6-8-22(20)32/h3-14H,1-2H3,(H,33,35)(H,34,36). The van der Waals surface area contributed by atoms with E-state index in [9.17, 15) is 9.59 Å². The fourth-order valence-electron chi connectivity index (χ4n) is 3.67. The molecule has 0 aliphatic heterocycles. The molecule has 0 spiro atoms. The number of hydrogen-bond acceptors (Lipinski definition) is 4. The van der Waals surface area contributed by atoms with Crippen LogP contribution in [0.3, 0.4) is 0 Å². The van der Waals surface area contributed by atoms with E-state index < -0.39 is 11.8 Å². The third-order valence-electron chi connectivity index (χ3n) is 5.58. The summed E-state index contributed by atoms with van der Waals surface area (Å²) in [7, 11) is 3.00. The van der Waals surface area contributed by atoms with Gasteiger partial charge in [-0.2, -0.15) is 0 Å². The van der Waals surface area contributed by atoms with Gasteiger partial charge in [-0.3, -0.25) is 9.59 Å². The maximum atomic E-state index is 12.8. The van der Waals surface area contributed by atoms with Crippen LogP contribution in [0.15, 0.2) is 72.8 Å². The Labute approximate surface area is 239 Å². The summed E-state index contributed by atoms with van der Waals surface area (Å²) in [5, 5.41) is 6.95. The molecule has 0 aliphatic rings. The maximum Gasteiger partial charge on any atom is 0.257 e. The van der Waals surface area contributed by atoms with Crippen LogP contribution in [0.4, 0.5) is 11.4 Å². The number of anilines is 2. The molecule has 0 bridgehead atoms. The first-order valence-corrected chi connectivity index (χ1v) is 12.6. The fourth-order valence-corrected chi connectivity index (χ4v) is 4.42. The summed E-state index contributed by atoms with van der Waals surface area (Å²) in [6.07, 6.45) is 0. The lowest BCUT2D eigenvalue weighted by Gasteiger charge is -2.15. The highest BCUT2D eigenvalue weighted by Crippen LogP contribution is 2.36. The van der Waals surface area contributed by atoms with Crippen molar-refractivity contribution in [1.82, 2.24) is 0 Å². The topological polar surface area (TPSA) is 76.7 Å². The Hall–Kier alpha value is -3.42. The van der Waals surface area contributed by atoms with Crippen molar-refractivity contribution in [2.75, 3.05) is 24.9 Å². The van der Waals surface area contributed by atoms with E-state index in [4.69, 9.17) is 55.9 Å². The van der Waals surface area contributed by atoms with Gasteiger partial charge in [-0.25, -0.2) is 0 Å². The van der Waals surface area contributed by atoms with Gasteiger partial charge >= 0.3 is 0 Å². The molecule has 0 atom stereocenters. The number of hydrogen-bond donors (Lipinski definition) is 2. The van der Waals surface area contributed by atoms with Crippen molar-refractivity contribution in [2.45, 2.75) is 0 Å². The van der Waals surface area contributed by atoms with E-state index in [1.807, 2.05) is 12.1 Å². The van der Waals surface area contributed by atoms with Crippen molar-refractivity contribution < 1.29 is 19.1 Å². The number of amides is 2. The molecule has 194 valence electrons. The number of ether oxygens (including phenoxy) is 2. The first-order valence-electron chi connectivity index (χ1n) is 11.1. The van der Waals surface area contributed by atoms with Gasteiger partial charge in [0.05, 0.1) is 46.8 Å². The van der Waals surface area contributed by atoms with Crippen LogP contribution in [-0.4, -0.2) is 26.0 Å². The second kappa shape index (κ2) is 12.0. The van der Waals surface area contributed by atoms with Crippen LogP contribution in [0.1, 0.15) is 20.7 Å². The van der Waals surface area contributed by atoms with E-state index in [0.29, 0.717) is 32.9 Å². The van der Waals surface area contributed by atoms with Crippen LogP contribution in [0.2, 0.25) is 20.1 Å². The van der Waals surface area contributed by atoms with Crippen molar-refractivity contribution in [3.8, 4) is 22.6 Å². The Balaban J connectivity index is 1.58. The van der Waals surface area contributed by atoms with E-state index in [1.54, 1.807) is 48.5 Å². The third kappa shape index (κ3) is 6.17. The molecule has 4 aromatic carbocycles. The lowest BCUT2D eigenvalue weighted by molar-refractivity contribution is 0.101. The van der Waals surface area contributed by atoms with E-state index in [2.05, 4.69) is 10.6 Å². The molecule has 10 heteroatoms. The van der Waals surface area contributed by atoms with Crippen LogP contribution >= 0.6 is 46.4 Å². The quantitative estimate of drug-likeness (QED) is 0.226. The average Bonchev–Trinajstić information content (AvgIpc) is 2.91. The van der Waals surface area contributed by atoms with Crippen LogP contribution in [-0.2, 0) is 0 Å². The Morgan fingerprint density at radius 2 is 0.974 bits per heavy atom. The summed E-state index contributed by atoms with van der Waals surface area (Å²) in [4.78, 5) is 25.6. The van der Waals surface area contributed by atoms with Crippen molar-refractivity contribution in [2.24, 2.45) is 0 Å². The van der Waals surface area contributed by atoms with E-state index >= 15 is 0 Å². The predicted molar refractivity (Wildman–Crippen MR) is 154 cm³/mol. The summed E-state index contributed by atoms with van der Waals surface area (Å²) >= 11 is 24.3. The van der Waals surface area contributed by atoms with Gasteiger partial charge < -0.3 is 20.1 Å². The van der Waals surface area contributed by atoms with E-state index in [0.717, 1.165) is 11.1 Å². The summed E-state index contributed by atoms with van der Waals surface area (Å²) in [5.41, 5.74) is 2.96. The summed E-state index contributed by atoms with van der Waals surface area (Å²) in [6.45, 7) is 0. The Morgan fingerprint density at radius 1 is 0.579 bits per heavy atom. The number of nitrogens with one attached hydrogen (secondary N) is 2. The van der Waals surface area contributed by atoms with Gasteiger partial charge in [0, 0.05) is 10.0 Å². The van der Waals surface area contributed by atoms with Crippen LogP contribution in [0, 0.1) is 0 Å². The van der Waals surface area contributed by atoms with Gasteiger partial charge in [-0.1, -0.05) is 58.5 Å². The normalized spacial score (nSPS) is 10.6. The zero-order valence-corrected chi connectivity index (χ0v) is 23.1. The number of rotatable bonds is 7. The molecule has 2 amide bonds. The molecular weight excluding hydrogens is 570 g/mol. The Morgan fingerprint density at radius 3 is 1.34 bits per heavy atom. The minimum absolute atomic E-state index is 0.242. The minimum Gasteiger partial charge on any atom is -0.495 e. The van der Waals surface area contributed by atoms with Gasteiger partial charge in [0.25, 0.3) is 11.8 Å². The molecule has 6 nitrogen and oxygen atoms in total. The molecule has 0 aliphatic carbocycles. The second-order valence-corrected chi connectivity index (χ2v) is 9.67. The molecule has 0 unspecified atom stereocenters. The van der Waals surface area contributed by atoms with Crippen LogP contribution in [0.5, 0.6) is 11.5 Å². The van der Waals surface area contributed by atoms with Crippen molar-refractivity contribution in [1.29, 1.82) is 0 Å². The Kier molecular flexibility index (Phi) is 8.69. The van der Waals surface area contributed by atoms with Crippen molar-refractivity contribution in [3.63, 3.8) is 0 Å². The van der Waals surface area contributed by atoms with E-state index in [-0.39, 0.29) is 21.2 Å². The summed E-state index contributed by atoms with van der Waals surface area (Å²) in [5.74, 6) is 0.0112. The van der Waals surface area contributed by atoms with Gasteiger partial charge in [-0.05, 0) is 71.8 Å². The molecule has 0 fully saturated rings. The largest absolute Gasteiger partial charge is 0.495 e. The first-order chi connectivity index (χ1) is 18.2. The molecule has 0 heterocycles. The lowest BCUT2D eigenvalue weighted by atomic mass is 10.0. The summed E-state index contributed by atoms with van der Waals surface area (Å²) in [6, 6.07) is 19.9. The smallest absolute Gasteiger partial charge is 0.257 e. The minimum atomic E-state index is -0.426. The van der Waals surface area contributed by atoms with Gasteiger partial charge in [0.2, 0.25) is 0 Å². The van der Waals surface area contributed by atoms with Crippen LogP contribution in [0.25, 0.3) is 11.1 Å². The Bertz CT molecular complexity index is 1430. The summed E-state index contributed by atoms with van der Waals surface area (Å²) < 4.78 is 11.0. The molecule has 38 heavy (non-hydrogen) atoms. The number of benzene rings is 4. The third-order valence-corrected chi connectivity index (χ3v) is 6.71. The predicted octanol–water partition coefficient (Wildman–Crippen LogP) is 8.49. The molecule has 2 N–H and O–H groups in total. The number of methoxy groups -OCH3 is 2.